The quantitative estimate of drug-likeness (QED) is 0.490. The van der Waals surface area contributed by atoms with E-state index in [9.17, 15) is 4.79 Å². The molecule has 2 aromatic carbocycles. The van der Waals surface area contributed by atoms with Gasteiger partial charge in [-0.2, -0.15) is 5.10 Å². The monoisotopic (exact) mass is 414 g/mol. The predicted octanol–water partition coefficient (Wildman–Crippen LogP) is 4.21. The number of rotatable bonds is 7. The summed E-state index contributed by atoms with van der Waals surface area (Å²) in [5.41, 5.74) is 2.97. The molecule has 0 aliphatic rings. The van der Waals surface area contributed by atoms with Gasteiger partial charge in [0.05, 0.1) is 12.8 Å². The van der Waals surface area contributed by atoms with Crippen molar-refractivity contribution in [2.45, 2.75) is 6.54 Å². The first-order valence-electron chi connectivity index (χ1n) is 9.77. The van der Waals surface area contributed by atoms with Crippen molar-refractivity contribution in [3.63, 3.8) is 0 Å². The minimum absolute atomic E-state index is 0.208. The predicted molar refractivity (Wildman–Crippen MR) is 117 cm³/mol. The van der Waals surface area contributed by atoms with E-state index in [1.54, 1.807) is 37.2 Å². The number of amides is 1. The Hall–Kier alpha value is -4.13. The molecule has 0 aliphatic heterocycles. The molecule has 0 aliphatic carbocycles. The van der Waals surface area contributed by atoms with E-state index in [0.717, 1.165) is 16.9 Å². The normalized spacial score (nSPS) is 10.5. The van der Waals surface area contributed by atoms with Gasteiger partial charge in [-0.1, -0.05) is 30.3 Å². The number of nitrogens with one attached hydrogen (secondary N) is 1. The van der Waals surface area contributed by atoms with Gasteiger partial charge in [0.2, 0.25) is 5.88 Å². The Labute approximate surface area is 180 Å². The van der Waals surface area contributed by atoms with Crippen LogP contribution >= 0.6 is 0 Å². The van der Waals surface area contributed by atoms with Gasteiger partial charge in [0.1, 0.15) is 17.2 Å². The standard InChI is InChI=1S/C24H22N4O3/c1-28-22(15-21(27-28)18-8-6-9-19(14-18)30-2)24(29)26-16-17-7-5-10-20(13-17)31-23-11-3-4-12-25-23/h3-15H,16H2,1-2H3,(H,26,29). The minimum Gasteiger partial charge on any atom is -0.497 e. The molecular formula is C24H22N4O3. The summed E-state index contributed by atoms with van der Waals surface area (Å²) in [4.78, 5) is 16.9. The average molecular weight is 414 g/mol. The highest BCUT2D eigenvalue weighted by Crippen LogP contribution is 2.24. The third-order valence-electron chi connectivity index (χ3n) is 4.69. The van der Waals surface area contributed by atoms with E-state index < -0.39 is 0 Å². The Morgan fingerprint density at radius 2 is 1.84 bits per heavy atom. The van der Waals surface area contributed by atoms with Crippen LogP contribution in [0.5, 0.6) is 17.4 Å². The third kappa shape index (κ3) is 4.90. The summed E-state index contributed by atoms with van der Waals surface area (Å²) < 4.78 is 12.6. The second kappa shape index (κ2) is 9.13. The summed E-state index contributed by atoms with van der Waals surface area (Å²) in [6.45, 7) is 0.359. The molecule has 1 amide bonds. The lowest BCUT2D eigenvalue weighted by Crippen LogP contribution is -2.25. The van der Waals surface area contributed by atoms with E-state index in [-0.39, 0.29) is 5.91 Å². The number of benzene rings is 2. The lowest BCUT2D eigenvalue weighted by Gasteiger charge is -2.08. The van der Waals surface area contributed by atoms with Gasteiger partial charge in [-0.3, -0.25) is 9.48 Å². The number of carbonyl (C=O) groups excluding carboxylic acids is 1. The van der Waals surface area contributed by atoms with Crippen molar-refractivity contribution in [1.29, 1.82) is 0 Å². The summed E-state index contributed by atoms with van der Waals surface area (Å²) >= 11 is 0. The Bertz CT molecular complexity index is 1190. The first-order valence-corrected chi connectivity index (χ1v) is 9.77. The highest BCUT2D eigenvalue weighted by Gasteiger charge is 2.14. The number of pyridine rings is 1. The highest BCUT2D eigenvalue weighted by molar-refractivity contribution is 5.93. The van der Waals surface area contributed by atoms with Crippen LogP contribution < -0.4 is 14.8 Å². The first kappa shape index (κ1) is 20.2. The van der Waals surface area contributed by atoms with Crippen LogP contribution in [0.1, 0.15) is 16.1 Å². The molecule has 7 heteroatoms. The van der Waals surface area contributed by atoms with Crippen LogP contribution in [0.4, 0.5) is 0 Å². The van der Waals surface area contributed by atoms with Crippen LogP contribution in [0.3, 0.4) is 0 Å². The summed E-state index contributed by atoms with van der Waals surface area (Å²) in [6.07, 6.45) is 1.67. The number of nitrogens with zero attached hydrogens (tertiary/aromatic N) is 3. The van der Waals surface area contributed by atoms with Gasteiger partial charge in [-0.15, -0.1) is 0 Å². The third-order valence-corrected chi connectivity index (χ3v) is 4.69. The van der Waals surface area contributed by atoms with E-state index in [0.29, 0.717) is 29.6 Å². The molecule has 0 saturated heterocycles. The number of hydrogen-bond acceptors (Lipinski definition) is 5. The van der Waals surface area contributed by atoms with Crippen molar-refractivity contribution in [3.05, 3.63) is 90.3 Å². The van der Waals surface area contributed by atoms with Crippen LogP contribution in [0.25, 0.3) is 11.3 Å². The lowest BCUT2D eigenvalue weighted by atomic mass is 10.1. The van der Waals surface area contributed by atoms with Gasteiger partial charge in [-0.05, 0) is 42.0 Å². The maximum absolute atomic E-state index is 12.7. The summed E-state index contributed by atoms with van der Waals surface area (Å²) in [5, 5.41) is 7.41. The molecule has 7 nitrogen and oxygen atoms in total. The zero-order valence-corrected chi connectivity index (χ0v) is 17.3. The van der Waals surface area contributed by atoms with Crippen LogP contribution in [0.15, 0.2) is 79.0 Å². The van der Waals surface area contributed by atoms with E-state index in [4.69, 9.17) is 9.47 Å². The van der Waals surface area contributed by atoms with Gasteiger partial charge in [0, 0.05) is 31.4 Å². The fourth-order valence-corrected chi connectivity index (χ4v) is 3.12. The van der Waals surface area contributed by atoms with Crippen LogP contribution in [0, 0.1) is 0 Å². The Kier molecular flexibility index (Phi) is 5.93. The van der Waals surface area contributed by atoms with Gasteiger partial charge in [-0.25, -0.2) is 4.98 Å². The number of ether oxygens (including phenoxy) is 2. The maximum atomic E-state index is 12.7. The number of aromatic nitrogens is 3. The molecule has 0 saturated carbocycles. The molecule has 0 atom stereocenters. The molecule has 0 radical (unpaired) electrons. The number of aryl methyl sites for hydroxylation is 1. The molecule has 4 rings (SSSR count). The van der Waals surface area contributed by atoms with Crippen LogP contribution in [-0.4, -0.2) is 27.8 Å². The average Bonchev–Trinajstić information content (AvgIpc) is 3.20. The Morgan fingerprint density at radius 3 is 2.65 bits per heavy atom. The molecule has 1 N–H and O–H groups in total. The molecule has 0 unspecified atom stereocenters. The zero-order chi connectivity index (χ0) is 21.6. The van der Waals surface area contributed by atoms with E-state index in [1.165, 1.54) is 0 Å². The van der Waals surface area contributed by atoms with Crippen molar-refractivity contribution < 1.29 is 14.3 Å². The Balaban J connectivity index is 1.43. The van der Waals surface area contributed by atoms with Gasteiger partial charge in [0.15, 0.2) is 0 Å². The van der Waals surface area contributed by atoms with Crippen LogP contribution in [0.2, 0.25) is 0 Å². The molecule has 2 aromatic heterocycles. The molecule has 0 fully saturated rings. The number of carbonyl (C=O) groups is 1. The second-order valence-electron chi connectivity index (χ2n) is 6.87. The molecule has 156 valence electrons. The SMILES string of the molecule is COc1cccc(-c2cc(C(=O)NCc3cccc(Oc4ccccn4)c3)n(C)n2)c1. The largest absolute Gasteiger partial charge is 0.497 e. The van der Waals surface area contributed by atoms with E-state index in [1.807, 2.05) is 60.7 Å². The van der Waals surface area contributed by atoms with Crippen LogP contribution in [-0.2, 0) is 13.6 Å². The summed E-state index contributed by atoms with van der Waals surface area (Å²) in [6, 6.07) is 22.4. The first-order chi connectivity index (χ1) is 15.1. The number of hydrogen-bond donors (Lipinski definition) is 1. The molecule has 4 aromatic rings. The smallest absolute Gasteiger partial charge is 0.269 e. The number of methoxy groups -OCH3 is 1. The highest BCUT2D eigenvalue weighted by atomic mass is 16.5. The van der Waals surface area contributed by atoms with Crippen molar-refractivity contribution in [2.24, 2.45) is 7.05 Å². The molecule has 31 heavy (non-hydrogen) atoms. The fraction of sp³-hybridized carbons (Fsp3) is 0.125. The van der Waals surface area contributed by atoms with Crippen molar-refractivity contribution in [1.82, 2.24) is 20.1 Å². The summed E-state index contributed by atoms with van der Waals surface area (Å²) in [5.74, 6) is 1.71. The second-order valence-corrected chi connectivity index (χ2v) is 6.87. The van der Waals surface area contributed by atoms with Gasteiger partial charge < -0.3 is 14.8 Å². The van der Waals surface area contributed by atoms with E-state index >= 15 is 0 Å². The molecule has 0 spiro atoms. The zero-order valence-electron chi connectivity index (χ0n) is 17.3. The van der Waals surface area contributed by atoms with Crippen molar-refractivity contribution in [2.75, 3.05) is 7.11 Å². The van der Waals surface area contributed by atoms with Gasteiger partial charge in [0.25, 0.3) is 5.91 Å². The maximum Gasteiger partial charge on any atom is 0.269 e. The topological polar surface area (TPSA) is 78.3 Å². The van der Waals surface area contributed by atoms with Gasteiger partial charge >= 0.3 is 0 Å². The fourth-order valence-electron chi connectivity index (χ4n) is 3.12. The van der Waals surface area contributed by atoms with E-state index in [2.05, 4.69) is 15.4 Å². The minimum atomic E-state index is -0.208. The molecular weight excluding hydrogens is 392 g/mol. The summed E-state index contributed by atoms with van der Waals surface area (Å²) in [7, 11) is 3.37. The lowest BCUT2D eigenvalue weighted by molar-refractivity contribution is 0.0941. The van der Waals surface area contributed by atoms with Crippen molar-refractivity contribution >= 4 is 5.91 Å². The van der Waals surface area contributed by atoms with Crippen molar-refractivity contribution in [3.8, 4) is 28.6 Å². The molecule has 0 bridgehead atoms. The molecule has 2 heterocycles. The Morgan fingerprint density at radius 1 is 1.00 bits per heavy atom.